The quantitative estimate of drug-likeness (QED) is 0.825. The molecule has 2 rings (SSSR count). The standard InChI is InChI=1S/C15H15BrF2N2O/c1-2-6-19-14-5-3-4-11(20-14)9-21-15-12(16)7-10(17)8-13(15)18/h3-5,7-8H,2,6,9H2,1H3,(H,19,20). The molecule has 0 amide bonds. The smallest absolute Gasteiger partial charge is 0.169 e. The monoisotopic (exact) mass is 356 g/mol. The maximum atomic E-state index is 13.6. The van der Waals surface area contributed by atoms with E-state index in [1.54, 1.807) is 6.07 Å². The number of benzene rings is 1. The summed E-state index contributed by atoms with van der Waals surface area (Å²) >= 11 is 3.08. The minimum atomic E-state index is -0.748. The van der Waals surface area contributed by atoms with Crippen molar-refractivity contribution in [3.05, 3.63) is 52.1 Å². The second kappa shape index (κ2) is 7.36. The van der Waals surface area contributed by atoms with Gasteiger partial charge in [-0.1, -0.05) is 13.0 Å². The van der Waals surface area contributed by atoms with Gasteiger partial charge < -0.3 is 10.1 Å². The summed E-state index contributed by atoms with van der Waals surface area (Å²) in [5, 5.41) is 3.16. The summed E-state index contributed by atoms with van der Waals surface area (Å²) < 4.78 is 32.3. The molecule has 0 radical (unpaired) electrons. The highest BCUT2D eigenvalue weighted by Gasteiger charge is 2.11. The van der Waals surface area contributed by atoms with Crippen LogP contribution in [0, 0.1) is 11.6 Å². The van der Waals surface area contributed by atoms with Gasteiger partial charge in [0.15, 0.2) is 11.6 Å². The van der Waals surface area contributed by atoms with Gasteiger partial charge in [-0.05, 0) is 40.5 Å². The number of ether oxygens (including phenoxy) is 1. The molecule has 2 aromatic rings. The molecule has 112 valence electrons. The average Bonchev–Trinajstić information content (AvgIpc) is 2.44. The zero-order valence-electron chi connectivity index (χ0n) is 11.5. The lowest BCUT2D eigenvalue weighted by Gasteiger charge is -2.10. The van der Waals surface area contributed by atoms with Gasteiger partial charge in [0.05, 0.1) is 10.2 Å². The third-order valence-electron chi connectivity index (χ3n) is 2.69. The molecule has 0 saturated heterocycles. The van der Waals surface area contributed by atoms with Gasteiger partial charge in [-0.3, -0.25) is 0 Å². The highest BCUT2D eigenvalue weighted by molar-refractivity contribution is 9.10. The van der Waals surface area contributed by atoms with E-state index in [1.807, 2.05) is 12.1 Å². The maximum Gasteiger partial charge on any atom is 0.169 e. The topological polar surface area (TPSA) is 34.1 Å². The van der Waals surface area contributed by atoms with Crippen LogP contribution in [0.25, 0.3) is 0 Å². The first-order valence-electron chi connectivity index (χ1n) is 6.57. The minimum absolute atomic E-state index is 0.0230. The predicted molar refractivity (Wildman–Crippen MR) is 81.4 cm³/mol. The van der Waals surface area contributed by atoms with Crippen molar-refractivity contribution in [1.29, 1.82) is 0 Å². The molecule has 3 nitrogen and oxygen atoms in total. The van der Waals surface area contributed by atoms with Gasteiger partial charge in [0.1, 0.15) is 18.2 Å². The number of pyridine rings is 1. The number of nitrogens with zero attached hydrogens (tertiary/aromatic N) is 1. The lowest BCUT2D eigenvalue weighted by atomic mass is 10.3. The second-order valence-electron chi connectivity index (χ2n) is 4.43. The lowest BCUT2D eigenvalue weighted by Crippen LogP contribution is -2.05. The van der Waals surface area contributed by atoms with E-state index in [1.165, 1.54) is 0 Å². The largest absolute Gasteiger partial charge is 0.483 e. The van der Waals surface area contributed by atoms with E-state index in [9.17, 15) is 8.78 Å². The van der Waals surface area contributed by atoms with E-state index in [-0.39, 0.29) is 16.8 Å². The predicted octanol–water partition coefficient (Wildman–Crippen LogP) is 4.52. The molecule has 0 fully saturated rings. The second-order valence-corrected chi connectivity index (χ2v) is 5.28. The fourth-order valence-corrected chi connectivity index (χ4v) is 2.25. The van der Waals surface area contributed by atoms with E-state index in [4.69, 9.17) is 4.74 Å². The van der Waals surface area contributed by atoms with Gasteiger partial charge in [0.2, 0.25) is 0 Å². The summed E-state index contributed by atoms with van der Waals surface area (Å²) in [7, 11) is 0. The van der Waals surface area contributed by atoms with Crippen LogP contribution in [0.4, 0.5) is 14.6 Å². The molecule has 1 N–H and O–H groups in total. The number of halogens is 3. The van der Waals surface area contributed by atoms with Crippen LogP contribution in [-0.2, 0) is 6.61 Å². The normalized spacial score (nSPS) is 10.5. The Bertz CT molecular complexity index is 599. The third-order valence-corrected chi connectivity index (χ3v) is 3.28. The molecule has 0 aliphatic rings. The summed E-state index contributed by atoms with van der Waals surface area (Å²) in [4.78, 5) is 4.35. The van der Waals surface area contributed by atoms with E-state index in [0.29, 0.717) is 5.69 Å². The highest BCUT2D eigenvalue weighted by atomic mass is 79.9. The molecule has 0 aliphatic heterocycles. The Hall–Kier alpha value is -1.69. The molecule has 0 saturated carbocycles. The maximum absolute atomic E-state index is 13.6. The van der Waals surface area contributed by atoms with Gasteiger partial charge in [0.25, 0.3) is 0 Å². The van der Waals surface area contributed by atoms with Crippen LogP contribution in [-0.4, -0.2) is 11.5 Å². The lowest BCUT2D eigenvalue weighted by molar-refractivity contribution is 0.283. The summed E-state index contributed by atoms with van der Waals surface area (Å²) in [6, 6.07) is 7.43. The molecule has 1 heterocycles. The van der Waals surface area contributed by atoms with E-state index in [2.05, 4.69) is 33.2 Å². The Labute approximate surface area is 130 Å². The fourth-order valence-electron chi connectivity index (χ4n) is 1.72. The third kappa shape index (κ3) is 4.39. The molecule has 6 heteroatoms. The Balaban J connectivity index is 2.06. The first-order chi connectivity index (χ1) is 10.1. The molecule has 0 bridgehead atoms. The number of hydrogen-bond donors (Lipinski definition) is 1. The molecular formula is C15H15BrF2N2O. The van der Waals surface area contributed by atoms with Crippen molar-refractivity contribution in [3.8, 4) is 5.75 Å². The van der Waals surface area contributed by atoms with Crippen LogP contribution in [0.2, 0.25) is 0 Å². The van der Waals surface area contributed by atoms with Crippen LogP contribution < -0.4 is 10.1 Å². The van der Waals surface area contributed by atoms with Crippen molar-refractivity contribution < 1.29 is 13.5 Å². The molecule has 0 aliphatic carbocycles. The van der Waals surface area contributed by atoms with E-state index in [0.717, 1.165) is 30.9 Å². The zero-order chi connectivity index (χ0) is 15.2. The van der Waals surface area contributed by atoms with Gasteiger partial charge in [-0.15, -0.1) is 0 Å². The number of anilines is 1. The molecule has 1 aromatic carbocycles. The van der Waals surface area contributed by atoms with Crippen molar-refractivity contribution >= 4 is 21.7 Å². The Morgan fingerprint density at radius 1 is 1.29 bits per heavy atom. The van der Waals surface area contributed by atoms with Crippen LogP contribution >= 0.6 is 15.9 Å². The molecule has 21 heavy (non-hydrogen) atoms. The number of rotatable bonds is 6. The summed E-state index contributed by atoms with van der Waals surface area (Å²) in [6.07, 6.45) is 0.996. The summed E-state index contributed by atoms with van der Waals surface area (Å²) in [5.74, 6) is -0.681. The minimum Gasteiger partial charge on any atom is -0.483 e. The fraction of sp³-hybridized carbons (Fsp3) is 0.267. The van der Waals surface area contributed by atoms with E-state index < -0.39 is 11.6 Å². The Morgan fingerprint density at radius 2 is 2.10 bits per heavy atom. The first-order valence-corrected chi connectivity index (χ1v) is 7.36. The van der Waals surface area contributed by atoms with Crippen LogP contribution in [0.5, 0.6) is 5.75 Å². The molecule has 0 unspecified atom stereocenters. The Kier molecular flexibility index (Phi) is 5.50. The van der Waals surface area contributed by atoms with Crippen molar-refractivity contribution in [2.24, 2.45) is 0 Å². The molecular weight excluding hydrogens is 342 g/mol. The number of hydrogen-bond acceptors (Lipinski definition) is 3. The van der Waals surface area contributed by atoms with E-state index >= 15 is 0 Å². The molecule has 0 spiro atoms. The molecule has 1 aromatic heterocycles. The SMILES string of the molecule is CCCNc1cccc(COc2c(F)cc(F)cc2Br)n1. The highest BCUT2D eigenvalue weighted by Crippen LogP contribution is 2.29. The zero-order valence-corrected chi connectivity index (χ0v) is 13.1. The van der Waals surface area contributed by atoms with Gasteiger partial charge in [-0.25, -0.2) is 13.8 Å². The summed E-state index contributed by atoms with van der Waals surface area (Å²) in [6.45, 7) is 2.99. The van der Waals surface area contributed by atoms with Gasteiger partial charge in [-0.2, -0.15) is 0 Å². The van der Waals surface area contributed by atoms with Crippen LogP contribution in [0.3, 0.4) is 0 Å². The van der Waals surface area contributed by atoms with Crippen LogP contribution in [0.15, 0.2) is 34.8 Å². The van der Waals surface area contributed by atoms with Gasteiger partial charge >= 0.3 is 0 Å². The number of aromatic nitrogens is 1. The van der Waals surface area contributed by atoms with Crippen molar-refractivity contribution in [3.63, 3.8) is 0 Å². The number of nitrogens with one attached hydrogen (secondary N) is 1. The van der Waals surface area contributed by atoms with Crippen molar-refractivity contribution in [2.75, 3.05) is 11.9 Å². The van der Waals surface area contributed by atoms with Gasteiger partial charge in [0, 0.05) is 12.6 Å². The summed E-state index contributed by atoms with van der Waals surface area (Å²) in [5.41, 5.74) is 0.659. The van der Waals surface area contributed by atoms with Crippen molar-refractivity contribution in [2.45, 2.75) is 20.0 Å². The van der Waals surface area contributed by atoms with Crippen LogP contribution in [0.1, 0.15) is 19.0 Å². The Morgan fingerprint density at radius 3 is 2.81 bits per heavy atom. The first kappa shape index (κ1) is 15.7. The molecule has 0 atom stereocenters. The average molecular weight is 357 g/mol. The van der Waals surface area contributed by atoms with Crippen molar-refractivity contribution in [1.82, 2.24) is 4.98 Å².